The summed E-state index contributed by atoms with van der Waals surface area (Å²) in [5.74, 6) is -2.19. The number of ether oxygens (including phenoxy) is 2. The molecule has 0 saturated carbocycles. The monoisotopic (exact) mass is 511 g/mol. The molecule has 1 fully saturated rings. The minimum absolute atomic E-state index is 0.0518. The highest BCUT2D eigenvalue weighted by atomic mass is 19.4. The lowest BCUT2D eigenvalue weighted by molar-refractivity contribution is -0.274. The maximum Gasteiger partial charge on any atom is 0.573 e. The Morgan fingerprint density at radius 2 is 1.70 bits per heavy atom. The zero-order valence-corrected chi connectivity index (χ0v) is 19.2. The second-order valence-electron chi connectivity index (χ2n) is 8.58. The van der Waals surface area contributed by atoms with Crippen molar-refractivity contribution < 1.29 is 42.4 Å². The van der Waals surface area contributed by atoms with Gasteiger partial charge in [0.1, 0.15) is 23.0 Å². The molecule has 7 nitrogen and oxygen atoms in total. The molecule has 0 aromatic heterocycles. The molecular weight excluding hydrogens is 491 g/mol. The molecule has 0 bridgehead atoms. The highest BCUT2D eigenvalue weighted by molar-refractivity contribution is 6.51. The van der Waals surface area contributed by atoms with Crippen molar-refractivity contribution in [2.45, 2.75) is 25.2 Å². The molecule has 190 valence electrons. The molecule has 2 aliphatic rings. The summed E-state index contributed by atoms with van der Waals surface area (Å²) in [6.45, 7) is 0.580. The highest BCUT2D eigenvalue weighted by Crippen LogP contribution is 2.43. The number of phenols is 1. The van der Waals surface area contributed by atoms with Gasteiger partial charge in [0.05, 0.1) is 18.2 Å². The number of hydrogen-bond acceptors (Lipinski definition) is 6. The Morgan fingerprint density at radius 1 is 1.00 bits per heavy atom. The minimum atomic E-state index is -4.89. The zero-order valence-electron chi connectivity index (χ0n) is 19.2. The van der Waals surface area contributed by atoms with Crippen LogP contribution >= 0.6 is 0 Å². The molecule has 1 saturated heterocycles. The van der Waals surface area contributed by atoms with Gasteiger partial charge in [-0.3, -0.25) is 14.5 Å². The van der Waals surface area contributed by atoms with E-state index in [1.54, 1.807) is 18.2 Å². The average molecular weight is 511 g/mol. The molecule has 0 spiro atoms. The maximum atomic E-state index is 13.2. The van der Waals surface area contributed by atoms with Crippen molar-refractivity contribution in [1.29, 1.82) is 0 Å². The lowest BCUT2D eigenvalue weighted by Gasteiger charge is -2.26. The number of fused-ring (bicyclic) bond motifs is 1. The van der Waals surface area contributed by atoms with Crippen LogP contribution in [0.25, 0.3) is 5.76 Å². The molecule has 5 rings (SSSR count). The number of amides is 1. The van der Waals surface area contributed by atoms with Crippen molar-refractivity contribution >= 4 is 23.1 Å². The first-order valence-electron chi connectivity index (χ1n) is 11.3. The number of aromatic hydroxyl groups is 1. The molecule has 0 aliphatic carbocycles. The van der Waals surface area contributed by atoms with E-state index >= 15 is 0 Å². The van der Waals surface area contributed by atoms with Crippen LogP contribution in [0.3, 0.4) is 0 Å². The van der Waals surface area contributed by atoms with E-state index in [2.05, 4.69) is 4.74 Å². The van der Waals surface area contributed by atoms with Gasteiger partial charge in [0.15, 0.2) is 0 Å². The van der Waals surface area contributed by atoms with Gasteiger partial charge in [0, 0.05) is 11.3 Å². The number of benzene rings is 3. The van der Waals surface area contributed by atoms with Gasteiger partial charge < -0.3 is 19.7 Å². The van der Waals surface area contributed by atoms with Crippen molar-refractivity contribution in [3.63, 3.8) is 0 Å². The minimum Gasteiger partial charge on any atom is -0.508 e. The third-order valence-corrected chi connectivity index (χ3v) is 6.18. The number of carbonyl (C=O) groups is 2. The number of aliphatic hydroxyl groups excluding tert-OH is 1. The van der Waals surface area contributed by atoms with Gasteiger partial charge in [0.2, 0.25) is 0 Å². The van der Waals surface area contributed by atoms with Gasteiger partial charge in [-0.05, 0) is 78.6 Å². The van der Waals surface area contributed by atoms with E-state index in [1.807, 2.05) is 0 Å². The SMILES string of the molecule is O=C1C(=O)N(c2ccc(OC(F)(F)F)cc2)C(c2ccc(O)cc2)/C1=C(/O)c1ccc2c(c1)CCCO2. The first-order valence-corrected chi connectivity index (χ1v) is 11.3. The summed E-state index contributed by atoms with van der Waals surface area (Å²) < 4.78 is 47.3. The highest BCUT2D eigenvalue weighted by Gasteiger charge is 2.47. The number of Topliss-reactive ketones (excluding diaryl/α,β-unsaturated/α-hetero) is 1. The summed E-state index contributed by atoms with van der Waals surface area (Å²) in [6, 6.07) is 14.1. The van der Waals surface area contributed by atoms with Crippen LogP contribution in [0.2, 0.25) is 0 Å². The molecule has 2 heterocycles. The summed E-state index contributed by atoms with van der Waals surface area (Å²) in [7, 11) is 0. The van der Waals surface area contributed by atoms with Crippen LogP contribution in [0, 0.1) is 0 Å². The van der Waals surface area contributed by atoms with Crippen LogP contribution in [-0.2, 0) is 16.0 Å². The van der Waals surface area contributed by atoms with Gasteiger partial charge in [-0.2, -0.15) is 0 Å². The number of alkyl halides is 3. The Hall–Kier alpha value is -4.47. The number of hydrogen-bond donors (Lipinski definition) is 2. The standard InChI is InChI=1S/C27H20F3NO6/c28-27(29,30)37-20-10-6-18(7-11-20)31-23(15-3-8-19(32)9-4-15)22(25(34)26(31)35)24(33)17-5-12-21-16(14-17)2-1-13-36-21/h3-12,14,23,32-33H,1-2,13H2/b24-22-. The predicted molar refractivity (Wildman–Crippen MR) is 126 cm³/mol. The summed E-state index contributed by atoms with van der Waals surface area (Å²) in [6.07, 6.45) is -3.38. The smallest absolute Gasteiger partial charge is 0.508 e. The Kier molecular flexibility index (Phi) is 6.02. The second-order valence-corrected chi connectivity index (χ2v) is 8.58. The van der Waals surface area contributed by atoms with Crippen molar-refractivity contribution in [3.05, 3.63) is 89.0 Å². The maximum absolute atomic E-state index is 13.2. The fourth-order valence-corrected chi connectivity index (χ4v) is 4.54. The molecule has 2 aliphatic heterocycles. The van der Waals surface area contributed by atoms with Crippen LogP contribution in [0.5, 0.6) is 17.2 Å². The van der Waals surface area contributed by atoms with E-state index in [1.165, 1.54) is 36.4 Å². The van der Waals surface area contributed by atoms with E-state index in [4.69, 9.17) is 4.74 Å². The van der Waals surface area contributed by atoms with Crippen molar-refractivity contribution in [2.75, 3.05) is 11.5 Å². The fourth-order valence-electron chi connectivity index (χ4n) is 4.54. The quantitative estimate of drug-likeness (QED) is 0.283. The molecule has 37 heavy (non-hydrogen) atoms. The summed E-state index contributed by atoms with van der Waals surface area (Å²) in [4.78, 5) is 27.5. The number of rotatable bonds is 4. The lowest BCUT2D eigenvalue weighted by Crippen LogP contribution is -2.29. The Morgan fingerprint density at radius 3 is 2.38 bits per heavy atom. The van der Waals surface area contributed by atoms with E-state index in [-0.39, 0.29) is 17.0 Å². The number of phenolic OH excluding ortho intramolecular Hbond substituents is 1. The lowest BCUT2D eigenvalue weighted by atomic mass is 9.94. The van der Waals surface area contributed by atoms with Gasteiger partial charge in [-0.1, -0.05) is 12.1 Å². The number of halogens is 3. The number of anilines is 1. The molecule has 1 unspecified atom stereocenters. The summed E-state index contributed by atoms with van der Waals surface area (Å²) in [5.41, 5.74) is 1.50. The Labute approximate surface area is 209 Å². The van der Waals surface area contributed by atoms with Crippen molar-refractivity contribution in [3.8, 4) is 17.2 Å². The molecule has 1 atom stereocenters. The second kappa shape index (κ2) is 9.20. The number of nitrogens with zero attached hydrogens (tertiary/aromatic N) is 1. The van der Waals surface area contributed by atoms with Crippen LogP contribution in [0.1, 0.15) is 29.2 Å². The Bertz CT molecular complexity index is 1400. The largest absolute Gasteiger partial charge is 0.573 e. The fraction of sp³-hybridized carbons (Fsp3) is 0.185. The molecule has 10 heteroatoms. The molecule has 2 N–H and O–H groups in total. The van der Waals surface area contributed by atoms with Gasteiger partial charge in [-0.15, -0.1) is 13.2 Å². The van der Waals surface area contributed by atoms with Crippen LogP contribution < -0.4 is 14.4 Å². The third-order valence-electron chi connectivity index (χ3n) is 6.18. The zero-order chi connectivity index (χ0) is 26.3. The molecule has 0 radical (unpaired) electrons. The topological polar surface area (TPSA) is 96.3 Å². The summed E-state index contributed by atoms with van der Waals surface area (Å²) >= 11 is 0. The van der Waals surface area contributed by atoms with Gasteiger partial charge in [-0.25, -0.2) is 0 Å². The molecule has 3 aromatic carbocycles. The normalized spacial score (nSPS) is 18.9. The molecule has 3 aromatic rings. The first-order chi connectivity index (χ1) is 17.6. The first kappa shape index (κ1) is 24.2. The van der Waals surface area contributed by atoms with Crippen molar-refractivity contribution in [1.82, 2.24) is 0 Å². The Balaban J connectivity index is 1.62. The number of ketones is 1. The van der Waals surface area contributed by atoms with Crippen LogP contribution in [0.15, 0.2) is 72.3 Å². The van der Waals surface area contributed by atoms with Crippen molar-refractivity contribution in [2.24, 2.45) is 0 Å². The van der Waals surface area contributed by atoms with Gasteiger partial charge in [0.25, 0.3) is 11.7 Å². The van der Waals surface area contributed by atoms with Crippen LogP contribution in [0.4, 0.5) is 18.9 Å². The van der Waals surface area contributed by atoms with E-state index in [9.17, 15) is 33.0 Å². The average Bonchev–Trinajstić information content (AvgIpc) is 3.13. The van der Waals surface area contributed by atoms with E-state index in [0.29, 0.717) is 23.5 Å². The molecule has 1 amide bonds. The van der Waals surface area contributed by atoms with E-state index < -0.39 is 35.6 Å². The summed E-state index contributed by atoms with van der Waals surface area (Å²) in [5, 5.41) is 21.0. The van der Waals surface area contributed by atoms with Crippen LogP contribution in [-0.4, -0.2) is 34.9 Å². The van der Waals surface area contributed by atoms with E-state index in [0.717, 1.165) is 35.4 Å². The third kappa shape index (κ3) is 4.69. The molecular formula is C27H20F3NO6. The predicted octanol–water partition coefficient (Wildman–Crippen LogP) is 5.24. The number of carbonyl (C=O) groups excluding carboxylic acids is 2. The van der Waals surface area contributed by atoms with Gasteiger partial charge >= 0.3 is 6.36 Å². The number of aliphatic hydroxyl groups is 1. The number of aryl methyl sites for hydroxylation is 1.